The van der Waals surface area contributed by atoms with Gasteiger partial charge in [0.25, 0.3) is 5.91 Å². The van der Waals surface area contributed by atoms with Crippen LogP contribution in [0.15, 0.2) is 18.2 Å². The summed E-state index contributed by atoms with van der Waals surface area (Å²) in [5.74, 6) is 0.775. The lowest BCUT2D eigenvalue weighted by molar-refractivity contribution is -0.133. The van der Waals surface area contributed by atoms with E-state index in [1.54, 1.807) is 18.4 Å². The standard InChI is InChI=1S/C16H19N3O3S/c1-21-11-3-2-4-13-14(11)18-16(23-13)19-7-8-22-12(9-19)15(20)17-10-5-6-10/h2-4,10,12H,5-9H2,1H3,(H,17,20). The number of ether oxygens (including phenoxy) is 2. The van der Waals surface area contributed by atoms with Gasteiger partial charge in [-0.3, -0.25) is 4.79 Å². The van der Waals surface area contributed by atoms with Gasteiger partial charge in [0.2, 0.25) is 0 Å². The third-order valence-corrected chi connectivity index (χ3v) is 5.23. The predicted molar refractivity (Wildman–Crippen MR) is 89.3 cm³/mol. The molecule has 7 heteroatoms. The van der Waals surface area contributed by atoms with Crippen LogP contribution >= 0.6 is 11.3 Å². The van der Waals surface area contributed by atoms with Crippen LogP contribution in [0.1, 0.15) is 12.8 Å². The molecular weight excluding hydrogens is 314 g/mol. The Hall–Kier alpha value is -1.86. The molecule has 2 aliphatic rings. The minimum atomic E-state index is -0.418. The van der Waals surface area contributed by atoms with Crippen molar-refractivity contribution in [1.29, 1.82) is 0 Å². The fourth-order valence-corrected chi connectivity index (χ4v) is 3.73. The molecule has 6 nitrogen and oxygen atoms in total. The highest BCUT2D eigenvalue weighted by molar-refractivity contribution is 7.22. The smallest absolute Gasteiger partial charge is 0.251 e. The Balaban J connectivity index is 1.53. The van der Waals surface area contributed by atoms with Gasteiger partial charge in [0.15, 0.2) is 11.2 Å². The number of anilines is 1. The molecular formula is C16H19N3O3S. The number of hydrogen-bond acceptors (Lipinski definition) is 6. The van der Waals surface area contributed by atoms with Crippen molar-refractivity contribution in [3.63, 3.8) is 0 Å². The lowest BCUT2D eigenvalue weighted by atomic mass is 10.2. The van der Waals surface area contributed by atoms with Gasteiger partial charge in [-0.1, -0.05) is 17.4 Å². The summed E-state index contributed by atoms with van der Waals surface area (Å²) < 4.78 is 12.1. The summed E-state index contributed by atoms with van der Waals surface area (Å²) >= 11 is 1.62. The second kappa shape index (κ2) is 5.98. The lowest BCUT2D eigenvalue weighted by Gasteiger charge is -2.31. The van der Waals surface area contributed by atoms with Crippen LogP contribution in [0.4, 0.5) is 5.13 Å². The van der Waals surface area contributed by atoms with Gasteiger partial charge >= 0.3 is 0 Å². The van der Waals surface area contributed by atoms with Crippen molar-refractivity contribution < 1.29 is 14.3 Å². The average molecular weight is 333 g/mol. The molecule has 1 saturated heterocycles. The van der Waals surface area contributed by atoms with Crippen molar-refractivity contribution in [2.45, 2.75) is 25.0 Å². The van der Waals surface area contributed by atoms with Gasteiger partial charge in [0.05, 0.1) is 25.0 Å². The Morgan fingerprint density at radius 2 is 2.35 bits per heavy atom. The summed E-state index contributed by atoms with van der Waals surface area (Å²) in [4.78, 5) is 19.0. The molecule has 1 unspecified atom stereocenters. The Labute approximate surface area is 138 Å². The second-order valence-electron chi connectivity index (χ2n) is 5.89. The molecule has 0 radical (unpaired) electrons. The maximum absolute atomic E-state index is 12.2. The van der Waals surface area contributed by atoms with E-state index in [4.69, 9.17) is 14.5 Å². The first-order valence-electron chi connectivity index (χ1n) is 7.85. The Bertz CT molecular complexity index is 728. The van der Waals surface area contributed by atoms with Crippen LogP contribution in [-0.4, -0.2) is 49.8 Å². The third kappa shape index (κ3) is 2.98. The Morgan fingerprint density at radius 3 is 3.13 bits per heavy atom. The molecule has 0 spiro atoms. The topological polar surface area (TPSA) is 63.7 Å². The number of thiazole rings is 1. The largest absolute Gasteiger partial charge is 0.494 e. The summed E-state index contributed by atoms with van der Waals surface area (Å²) in [6.45, 7) is 1.83. The molecule has 1 aromatic heterocycles. The molecule has 2 aromatic rings. The number of morpholine rings is 1. The first-order chi connectivity index (χ1) is 11.2. The van der Waals surface area contributed by atoms with Gasteiger partial charge in [-0.05, 0) is 25.0 Å². The molecule has 1 amide bonds. The normalized spacial score (nSPS) is 21.4. The number of carbonyl (C=O) groups excluding carboxylic acids is 1. The number of nitrogens with zero attached hydrogens (tertiary/aromatic N) is 2. The molecule has 122 valence electrons. The molecule has 23 heavy (non-hydrogen) atoms. The predicted octanol–water partition coefficient (Wildman–Crippen LogP) is 1.79. The molecule has 1 aliphatic heterocycles. The number of hydrogen-bond donors (Lipinski definition) is 1. The van der Waals surface area contributed by atoms with Crippen molar-refractivity contribution in [1.82, 2.24) is 10.3 Å². The summed E-state index contributed by atoms with van der Waals surface area (Å²) in [7, 11) is 1.65. The molecule has 1 atom stereocenters. The molecule has 0 bridgehead atoms. The van der Waals surface area contributed by atoms with E-state index in [0.29, 0.717) is 19.2 Å². The van der Waals surface area contributed by atoms with Crippen molar-refractivity contribution in [2.24, 2.45) is 0 Å². The number of fused-ring (bicyclic) bond motifs is 1. The Morgan fingerprint density at radius 1 is 1.48 bits per heavy atom. The zero-order chi connectivity index (χ0) is 15.8. The van der Waals surface area contributed by atoms with Crippen molar-refractivity contribution in [2.75, 3.05) is 31.7 Å². The number of amides is 1. The lowest BCUT2D eigenvalue weighted by Crippen LogP contribution is -2.50. The van der Waals surface area contributed by atoms with Crippen molar-refractivity contribution >= 4 is 32.6 Å². The van der Waals surface area contributed by atoms with Gasteiger partial charge in [-0.15, -0.1) is 0 Å². The van der Waals surface area contributed by atoms with Crippen LogP contribution in [0.5, 0.6) is 5.75 Å². The second-order valence-corrected chi connectivity index (χ2v) is 6.90. The molecule has 4 rings (SSSR count). The van der Waals surface area contributed by atoms with Crippen molar-refractivity contribution in [3.05, 3.63) is 18.2 Å². The zero-order valence-corrected chi connectivity index (χ0v) is 13.8. The van der Waals surface area contributed by atoms with Crippen LogP contribution in [0.25, 0.3) is 10.2 Å². The van der Waals surface area contributed by atoms with Gasteiger partial charge in [0, 0.05) is 12.6 Å². The van der Waals surface area contributed by atoms with E-state index in [0.717, 1.165) is 40.5 Å². The van der Waals surface area contributed by atoms with Crippen molar-refractivity contribution in [3.8, 4) is 5.75 Å². The van der Waals surface area contributed by atoms with E-state index >= 15 is 0 Å². The van der Waals surface area contributed by atoms with Crippen LogP contribution < -0.4 is 15.0 Å². The van der Waals surface area contributed by atoms with Gasteiger partial charge in [-0.25, -0.2) is 4.98 Å². The van der Waals surface area contributed by atoms with E-state index in [1.165, 1.54) is 0 Å². The average Bonchev–Trinajstić information content (AvgIpc) is 3.28. The highest BCUT2D eigenvalue weighted by Gasteiger charge is 2.32. The molecule has 2 fully saturated rings. The van der Waals surface area contributed by atoms with Gasteiger partial charge in [-0.2, -0.15) is 0 Å². The monoisotopic (exact) mass is 333 g/mol. The molecule has 2 heterocycles. The number of benzene rings is 1. The minimum absolute atomic E-state index is 0.00380. The zero-order valence-electron chi connectivity index (χ0n) is 12.9. The number of aromatic nitrogens is 1. The van der Waals surface area contributed by atoms with E-state index in [2.05, 4.69) is 10.2 Å². The van der Waals surface area contributed by atoms with Crippen LogP contribution in [0.3, 0.4) is 0 Å². The van der Waals surface area contributed by atoms with Gasteiger partial charge < -0.3 is 19.7 Å². The summed E-state index contributed by atoms with van der Waals surface area (Å²) in [5.41, 5.74) is 0.875. The quantitative estimate of drug-likeness (QED) is 0.924. The van der Waals surface area contributed by atoms with Crippen LogP contribution in [-0.2, 0) is 9.53 Å². The highest BCUT2D eigenvalue weighted by atomic mass is 32.1. The fourth-order valence-electron chi connectivity index (χ4n) is 2.71. The highest BCUT2D eigenvalue weighted by Crippen LogP contribution is 2.34. The van der Waals surface area contributed by atoms with E-state index in [1.807, 2.05) is 18.2 Å². The minimum Gasteiger partial charge on any atom is -0.494 e. The fraction of sp³-hybridized carbons (Fsp3) is 0.500. The number of para-hydroxylation sites is 1. The number of rotatable bonds is 4. The maximum Gasteiger partial charge on any atom is 0.251 e. The maximum atomic E-state index is 12.2. The Kier molecular flexibility index (Phi) is 3.82. The molecule has 1 N–H and O–H groups in total. The summed E-state index contributed by atoms with van der Waals surface area (Å²) in [6.07, 6.45) is 1.75. The van der Waals surface area contributed by atoms with E-state index in [9.17, 15) is 4.79 Å². The van der Waals surface area contributed by atoms with Gasteiger partial charge in [0.1, 0.15) is 11.3 Å². The number of nitrogens with one attached hydrogen (secondary N) is 1. The first-order valence-corrected chi connectivity index (χ1v) is 8.67. The number of carbonyl (C=O) groups is 1. The van der Waals surface area contributed by atoms with E-state index in [-0.39, 0.29) is 5.91 Å². The summed E-state index contributed by atoms with van der Waals surface area (Å²) in [6, 6.07) is 6.27. The summed E-state index contributed by atoms with van der Waals surface area (Å²) in [5, 5.41) is 3.93. The molecule has 1 aliphatic carbocycles. The molecule has 1 aromatic carbocycles. The SMILES string of the molecule is COc1cccc2sc(N3CCOC(C(=O)NC4CC4)C3)nc12. The van der Waals surface area contributed by atoms with Crippen LogP contribution in [0, 0.1) is 0 Å². The van der Waals surface area contributed by atoms with Crippen LogP contribution in [0.2, 0.25) is 0 Å². The third-order valence-electron chi connectivity index (χ3n) is 4.14. The van der Waals surface area contributed by atoms with E-state index < -0.39 is 6.10 Å². The first kappa shape index (κ1) is 14.7. The molecule has 1 saturated carbocycles. The number of methoxy groups -OCH3 is 1.